The highest BCUT2D eigenvalue weighted by Gasteiger charge is 2.27. The molecular formula is C11H16ClN3O. The van der Waals surface area contributed by atoms with Crippen LogP contribution in [0.3, 0.4) is 0 Å². The van der Waals surface area contributed by atoms with Crippen LogP contribution in [-0.2, 0) is 13.5 Å². The van der Waals surface area contributed by atoms with Crippen molar-refractivity contribution in [2.45, 2.75) is 25.1 Å². The van der Waals surface area contributed by atoms with Crippen molar-refractivity contribution >= 4 is 17.5 Å². The average molecular weight is 242 g/mol. The Kier molecular flexibility index (Phi) is 3.19. The summed E-state index contributed by atoms with van der Waals surface area (Å²) in [4.78, 5) is 13.9. The number of halogens is 1. The van der Waals surface area contributed by atoms with E-state index >= 15 is 0 Å². The Hall–Kier alpha value is -1.03. The second-order valence-electron chi connectivity index (χ2n) is 4.14. The smallest absolute Gasteiger partial charge is 0.272 e. The van der Waals surface area contributed by atoms with E-state index in [-0.39, 0.29) is 11.3 Å². The molecule has 0 N–H and O–H groups in total. The first-order valence-electron chi connectivity index (χ1n) is 5.58. The highest BCUT2D eigenvalue weighted by Crippen LogP contribution is 2.17. The zero-order valence-corrected chi connectivity index (χ0v) is 10.4. The third kappa shape index (κ3) is 2.07. The monoisotopic (exact) mass is 241 g/mol. The predicted molar refractivity (Wildman–Crippen MR) is 62.7 cm³/mol. The van der Waals surface area contributed by atoms with Crippen molar-refractivity contribution in [3.63, 3.8) is 0 Å². The zero-order valence-electron chi connectivity index (χ0n) is 9.61. The summed E-state index contributed by atoms with van der Waals surface area (Å²) >= 11 is 5.99. The molecule has 2 heterocycles. The van der Waals surface area contributed by atoms with Gasteiger partial charge in [0.1, 0.15) is 5.69 Å². The van der Waals surface area contributed by atoms with E-state index in [1.807, 2.05) is 13.0 Å². The number of carbonyl (C=O) groups excluding carboxylic acids is 1. The van der Waals surface area contributed by atoms with Crippen LogP contribution in [0.5, 0.6) is 0 Å². The number of rotatable bonds is 2. The van der Waals surface area contributed by atoms with Gasteiger partial charge in [0, 0.05) is 20.1 Å². The van der Waals surface area contributed by atoms with Gasteiger partial charge in [-0.2, -0.15) is 5.10 Å². The van der Waals surface area contributed by atoms with Gasteiger partial charge >= 0.3 is 0 Å². The summed E-state index contributed by atoms with van der Waals surface area (Å²) in [5.41, 5.74) is 1.61. The molecule has 0 bridgehead atoms. The molecule has 1 aromatic heterocycles. The first-order valence-corrected chi connectivity index (χ1v) is 6.01. The quantitative estimate of drug-likeness (QED) is 0.735. The van der Waals surface area contributed by atoms with E-state index in [0.717, 1.165) is 25.1 Å². The van der Waals surface area contributed by atoms with E-state index in [4.69, 9.17) is 11.6 Å². The normalized spacial score (nSPS) is 20.4. The number of alkyl halides is 1. The maximum absolute atomic E-state index is 12.1. The van der Waals surface area contributed by atoms with Gasteiger partial charge in [-0.3, -0.25) is 9.48 Å². The lowest BCUT2D eigenvalue weighted by atomic mass is 10.3. The predicted octanol–water partition coefficient (Wildman–Crippen LogP) is 1.44. The number of hydrogen-bond acceptors (Lipinski definition) is 2. The number of nitrogens with zero attached hydrogens (tertiary/aromatic N) is 3. The van der Waals surface area contributed by atoms with Gasteiger partial charge in [-0.15, -0.1) is 11.6 Å². The van der Waals surface area contributed by atoms with E-state index in [0.29, 0.717) is 12.2 Å². The second-order valence-corrected chi connectivity index (χ2v) is 4.75. The average Bonchev–Trinajstić information content (AvgIpc) is 2.83. The highest BCUT2D eigenvalue weighted by molar-refractivity contribution is 6.21. The van der Waals surface area contributed by atoms with Crippen LogP contribution < -0.4 is 0 Å². The topological polar surface area (TPSA) is 38.1 Å². The molecule has 1 aliphatic rings. The molecule has 5 heteroatoms. The number of likely N-dealkylation sites (tertiary alicyclic amines) is 1. The highest BCUT2D eigenvalue weighted by atomic mass is 35.5. The first kappa shape index (κ1) is 11.5. The molecule has 88 valence electrons. The van der Waals surface area contributed by atoms with Gasteiger partial charge in [0.2, 0.25) is 0 Å². The van der Waals surface area contributed by atoms with Gasteiger partial charge in [-0.1, -0.05) is 6.92 Å². The number of carbonyl (C=O) groups is 1. The van der Waals surface area contributed by atoms with Crippen LogP contribution in [0, 0.1) is 0 Å². The molecular weight excluding hydrogens is 226 g/mol. The minimum atomic E-state index is 0.0397. The Labute approximate surface area is 100 Å². The molecule has 1 atom stereocenters. The molecule has 0 aromatic carbocycles. The summed E-state index contributed by atoms with van der Waals surface area (Å²) in [6, 6.07) is 1.86. The maximum Gasteiger partial charge on any atom is 0.272 e. The number of aryl methyl sites for hydroxylation is 2. The van der Waals surface area contributed by atoms with Gasteiger partial charge in [0.15, 0.2) is 0 Å². The van der Waals surface area contributed by atoms with Crippen LogP contribution in [0.4, 0.5) is 0 Å². The molecule has 16 heavy (non-hydrogen) atoms. The first-order chi connectivity index (χ1) is 7.61. The van der Waals surface area contributed by atoms with E-state index in [9.17, 15) is 4.79 Å². The van der Waals surface area contributed by atoms with Crippen LogP contribution in [0.25, 0.3) is 0 Å². The molecule has 1 aromatic rings. The molecule has 0 aliphatic carbocycles. The fourth-order valence-corrected chi connectivity index (χ4v) is 2.23. The molecule has 4 nitrogen and oxygen atoms in total. The maximum atomic E-state index is 12.1. The van der Waals surface area contributed by atoms with Crippen molar-refractivity contribution in [1.82, 2.24) is 14.7 Å². The number of aromatic nitrogens is 2. The third-order valence-corrected chi connectivity index (χ3v) is 3.29. The van der Waals surface area contributed by atoms with E-state index in [2.05, 4.69) is 5.10 Å². The summed E-state index contributed by atoms with van der Waals surface area (Å²) in [7, 11) is 1.81. The molecule has 2 rings (SSSR count). The van der Waals surface area contributed by atoms with Crippen molar-refractivity contribution < 1.29 is 4.79 Å². The van der Waals surface area contributed by atoms with Crippen molar-refractivity contribution in [3.05, 3.63) is 17.5 Å². The summed E-state index contributed by atoms with van der Waals surface area (Å²) in [6.07, 6.45) is 1.73. The SMILES string of the molecule is CCc1cc(C(=O)N2CCC(Cl)C2)n(C)n1. The molecule has 0 spiro atoms. The summed E-state index contributed by atoms with van der Waals surface area (Å²) in [5, 5.41) is 4.38. The summed E-state index contributed by atoms with van der Waals surface area (Å²) < 4.78 is 1.66. The van der Waals surface area contributed by atoms with Gasteiger partial charge in [0.05, 0.1) is 11.1 Å². The van der Waals surface area contributed by atoms with Gasteiger partial charge in [-0.05, 0) is 18.9 Å². The Morgan fingerprint density at radius 3 is 2.94 bits per heavy atom. The van der Waals surface area contributed by atoms with Crippen molar-refractivity contribution in [2.75, 3.05) is 13.1 Å². The lowest BCUT2D eigenvalue weighted by Crippen LogP contribution is -2.30. The molecule has 1 unspecified atom stereocenters. The Balaban J connectivity index is 2.17. The molecule has 1 amide bonds. The van der Waals surface area contributed by atoms with E-state index in [1.165, 1.54) is 0 Å². The van der Waals surface area contributed by atoms with E-state index in [1.54, 1.807) is 16.6 Å². The van der Waals surface area contributed by atoms with Crippen LogP contribution in [-0.4, -0.2) is 39.1 Å². The lowest BCUT2D eigenvalue weighted by Gasteiger charge is -2.14. The fourth-order valence-electron chi connectivity index (χ4n) is 1.96. The molecule has 1 aliphatic heterocycles. The Morgan fingerprint density at radius 1 is 1.69 bits per heavy atom. The summed E-state index contributed by atoms with van der Waals surface area (Å²) in [5.74, 6) is 0.0397. The summed E-state index contributed by atoms with van der Waals surface area (Å²) in [6.45, 7) is 3.42. The van der Waals surface area contributed by atoms with Gasteiger partial charge < -0.3 is 4.90 Å². The van der Waals surface area contributed by atoms with Gasteiger partial charge in [0.25, 0.3) is 5.91 Å². The van der Waals surface area contributed by atoms with Crippen molar-refractivity contribution in [2.24, 2.45) is 7.05 Å². The second kappa shape index (κ2) is 4.45. The molecule has 1 fully saturated rings. The third-order valence-electron chi connectivity index (χ3n) is 2.93. The zero-order chi connectivity index (χ0) is 11.7. The molecule has 0 saturated carbocycles. The minimum Gasteiger partial charge on any atom is -0.336 e. The molecule has 0 radical (unpaired) electrons. The largest absolute Gasteiger partial charge is 0.336 e. The van der Waals surface area contributed by atoms with Crippen LogP contribution >= 0.6 is 11.6 Å². The molecule has 1 saturated heterocycles. The number of hydrogen-bond donors (Lipinski definition) is 0. The number of amides is 1. The van der Waals surface area contributed by atoms with Gasteiger partial charge in [-0.25, -0.2) is 0 Å². The van der Waals surface area contributed by atoms with E-state index < -0.39 is 0 Å². The minimum absolute atomic E-state index is 0.0397. The van der Waals surface area contributed by atoms with Crippen LogP contribution in [0.1, 0.15) is 29.5 Å². The van der Waals surface area contributed by atoms with Crippen LogP contribution in [0.2, 0.25) is 0 Å². The van der Waals surface area contributed by atoms with Crippen molar-refractivity contribution in [1.29, 1.82) is 0 Å². The van der Waals surface area contributed by atoms with Crippen LogP contribution in [0.15, 0.2) is 6.07 Å². The standard InChI is InChI=1S/C11H16ClN3O/c1-3-9-6-10(14(2)13-9)11(16)15-5-4-8(12)7-15/h6,8H,3-5,7H2,1-2H3. The Bertz CT molecular complexity index is 402. The lowest BCUT2D eigenvalue weighted by molar-refractivity contribution is 0.0782. The fraction of sp³-hybridized carbons (Fsp3) is 0.636. The Morgan fingerprint density at radius 2 is 2.44 bits per heavy atom. The van der Waals surface area contributed by atoms with Crippen molar-refractivity contribution in [3.8, 4) is 0 Å².